The number of likely N-dealkylation sites (tertiary alicyclic amines) is 1. The van der Waals surface area contributed by atoms with Gasteiger partial charge in [-0.05, 0) is 26.2 Å². The van der Waals surface area contributed by atoms with Crippen LogP contribution in [0, 0.1) is 5.92 Å². The van der Waals surface area contributed by atoms with Crippen molar-refractivity contribution in [3.63, 3.8) is 0 Å². The van der Waals surface area contributed by atoms with Gasteiger partial charge in [-0.25, -0.2) is 0 Å². The van der Waals surface area contributed by atoms with Gasteiger partial charge in [-0.1, -0.05) is 6.92 Å². The Balaban J connectivity index is 2.58. The largest absolute Gasteiger partial charge is 0.338 e. The minimum atomic E-state index is -0.349. The van der Waals surface area contributed by atoms with Crippen LogP contribution >= 0.6 is 0 Å². The van der Waals surface area contributed by atoms with E-state index in [1.807, 2.05) is 4.90 Å². The smallest absolute Gasteiger partial charge is 0.239 e. The Morgan fingerprint density at radius 3 is 2.50 bits per heavy atom. The minimum absolute atomic E-state index is 0.0897. The molecular weight excluding hydrogens is 152 g/mol. The van der Waals surface area contributed by atoms with Crippen LogP contribution in [0.1, 0.15) is 27.2 Å². The number of nitrogens with zero attached hydrogens (tertiary/aromatic N) is 1. The van der Waals surface area contributed by atoms with Crippen molar-refractivity contribution in [1.82, 2.24) is 4.90 Å². The van der Waals surface area contributed by atoms with Crippen LogP contribution in [0.2, 0.25) is 0 Å². The van der Waals surface area contributed by atoms with Gasteiger partial charge in [-0.15, -0.1) is 0 Å². The maximum atomic E-state index is 11.5. The Hall–Kier alpha value is -0.570. The van der Waals surface area contributed by atoms with E-state index in [9.17, 15) is 4.79 Å². The number of carbonyl (C=O) groups excluding carboxylic acids is 1. The van der Waals surface area contributed by atoms with Crippen LogP contribution in [0.15, 0.2) is 0 Å². The van der Waals surface area contributed by atoms with Crippen molar-refractivity contribution in [2.45, 2.75) is 39.3 Å². The number of hydrogen-bond acceptors (Lipinski definition) is 2. The van der Waals surface area contributed by atoms with Crippen LogP contribution in [0.25, 0.3) is 0 Å². The molecule has 1 rings (SSSR count). The quantitative estimate of drug-likeness (QED) is 0.626. The molecule has 1 saturated heterocycles. The van der Waals surface area contributed by atoms with Gasteiger partial charge >= 0.3 is 0 Å². The molecule has 0 aromatic heterocycles. The van der Waals surface area contributed by atoms with Gasteiger partial charge in [-0.2, -0.15) is 0 Å². The highest BCUT2D eigenvalue weighted by Gasteiger charge is 2.30. The van der Waals surface area contributed by atoms with Crippen molar-refractivity contribution in [1.29, 1.82) is 0 Å². The lowest BCUT2D eigenvalue weighted by atomic mass is 10.1. The summed E-state index contributed by atoms with van der Waals surface area (Å²) in [4.78, 5) is 13.4. The van der Waals surface area contributed by atoms with Gasteiger partial charge in [0.15, 0.2) is 0 Å². The minimum Gasteiger partial charge on any atom is -0.338 e. The summed E-state index contributed by atoms with van der Waals surface area (Å²) < 4.78 is 0. The predicted molar refractivity (Wildman–Crippen MR) is 48.6 cm³/mol. The maximum absolute atomic E-state index is 11.5. The molecule has 12 heavy (non-hydrogen) atoms. The summed E-state index contributed by atoms with van der Waals surface area (Å²) in [6.45, 7) is 6.88. The molecule has 0 aromatic carbocycles. The Kier molecular flexibility index (Phi) is 2.73. The zero-order chi connectivity index (χ0) is 9.30. The summed E-state index contributed by atoms with van der Waals surface area (Å²) >= 11 is 0. The number of amides is 1. The van der Waals surface area contributed by atoms with E-state index >= 15 is 0 Å². The van der Waals surface area contributed by atoms with Crippen LogP contribution in [-0.2, 0) is 4.79 Å². The fraction of sp³-hybridized carbons (Fsp3) is 0.889. The molecular formula is C9H18N2O. The van der Waals surface area contributed by atoms with Crippen molar-refractivity contribution in [2.75, 3.05) is 6.54 Å². The monoisotopic (exact) mass is 170 g/mol. The van der Waals surface area contributed by atoms with Crippen LogP contribution < -0.4 is 5.73 Å². The SMILES string of the molecule is CC1CC(C)N(C(=O)[C@@H](C)N)C1. The van der Waals surface area contributed by atoms with Gasteiger partial charge in [0.25, 0.3) is 0 Å². The molecule has 3 nitrogen and oxygen atoms in total. The molecule has 2 unspecified atom stereocenters. The second kappa shape index (κ2) is 3.44. The number of hydrogen-bond donors (Lipinski definition) is 1. The molecule has 0 bridgehead atoms. The van der Waals surface area contributed by atoms with E-state index in [0.29, 0.717) is 12.0 Å². The van der Waals surface area contributed by atoms with E-state index in [-0.39, 0.29) is 11.9 Å². The Bertz CT molecular complexity index is 179. The zero-order valence-corrected chi connectivity index (χ0v) is 8.08. The highest BCUT2D eigenvalue weighted by atomic mass is 16.2. The van der Waals surface area contributed by atoms with Crippen molar-refractivity contribution < 1.29 is 4.79 Å². The molecule has 1 fully saturated rings. The van der Waals surface area contributed by atoms with Gasteiger partial charge in [0.1, 0.15) is 0 Å². The average molecular weight is 170 g/mol. The third kappa shape index (κ3) is 1.78. The summed E-state index contributed by atoms with van der Waals surface area (Å²) in [5, 5.41) is 0. The van der Waals surface area contributed by atoms with Crippen molar-refractivity contribution in [2.24, 2.45) is 11.7 Å². The summed E-state index contributed by atoms with van der Waals surface area (Å²) in [6, 6.07) is 0.0243. The van der Waals surface area contributed by atoms with Crippen LogP contribution in [0.5, 0.6) is 0 Å². The third-order valence-corrected chi connectivity index (χ3v) is 2.46. The molecule has 2 N–H and O–H groups in total. The standard InChI is InChI=1S/C9H18N2O/c1-6-4-7(2)11(5-6)9(12)8(3)10/h6-8H,4-5,10H2,1-3H3/t6?,7?,8-/m1/s1. The lowest BCUT2D eigenvalue weighted by Gasteiger charge is -2.23. The molecule has 1 amide bonds. The highest BCUT2D eigenvalue weighted by Crippen LogP contribution is 2.22. The zero-order valence-electron chi connectivity index (χ0n) is 8.08. The summed E-state index contributed by atoms with van der Waals surface area (Å²) in [6.07, 6.45) is 1.11. The van der Waals surface area contributed by atoms with Crippen LogP contribution in [-0.4, -0.2) is 29.4 Å². The van der Waals surface area contributed by atoms with Gasteiger partial charge in [0.05, 0.1) is 6.04 Å². The van der Waals surface area contributed by atoms with Crippen LogP contribution in [0.4, 0.5) is 0 Å². The number of nitrogens with two attached hydrogens (primary N) is 1. The maximum Gasteiger partial charge on any atom is 0.239 e. The molecule has 0 aromatic rings. The van der Waals surface area contributed by atoms with E-state index in [1.54, 1.807) is 6.92 Å². The Morgan fingerprint density at radius 2 is 2.17 bits per heavy atom. The first kappa shape index (κ1) is 9.52. The molecule has 1 aliphatic heterocycles. The first-order valence-corrected chi connectivity index (χ1v) is 4.58. The summed E-state index contributed by atoms with van der Waals surface area (Å²) in [5.74, 6) is 0.717. The fourth-order valence-electron chi connectivity index (χ4n) is 1.87. The lowest BCUT2D eigenvalue weighted by molar-refractivity contribution is -0.132. The Labute approximate surface area is 73.9 Å². The van der Waals surface area contributed by atoms with Crippen molar-refractivity contribution in [3.05, 3.63) is 0 Å². The Morgan fingerprint density at radius 1 is 1.58 bits per heavy atom. The molecule has 0 spiro atoms. The molecule has 3 heteroatoms. The predicted octanol–water partition coefficient (Wildman–Crippen LogP) is 0.591. The van der Waals surface area contributed by atoms with Crippen LogP contribution in [0.3, 0.4) is 0 Å². The first-order chi connectivity index (χ1) is 5.52. The van der Waals surface area contributed by atoms with E-state index in [4.69, 9.17) is 5.73 Å². The molecule has 1 heterocycles. The van der Waals surface area contributed by atoms with Crippen molar-refractivity contribution in [3.8, 4) is 0 Å². The lowest BCUT2D eigenvalue weighted by Crippen LogP contribution is -2.43. The fourth-order valence-corrected chi connectivity index (χ4v) is 1.87. The van der Waals surface area contributed by atoms with E-state index in [0.717, 1.165) is 13.0 Å². The van der Waals surface area contributed by atoms with Gasteiger partial charge in [-0.3, -0.25) is 4.79 Å². The molecule has 70 valence electrons. The summed E-state index contributed by atoms with van der Waals surface area (Å²) in [5.41, 5.74) is 5.53. The first-order valence-electron chi connectivity index (χ1n) is 4.58. The normalized spacial score (nSPS) is 32.2. The van der Waals surface area contributed by atoms with Gasteiger partial charge in [0, 0.05) is 12.6 Å². The van der Waals surface area contributed by atoms with E-state index in [2.05, 4.69) is 13.8 Å². The average Bonchev–Trinajstić information content (AvgIpc) is 2.28. The molecule has 0 aliphatic carbocycles. The van der Waals surface area contributed by atoms with Gasteiger partial charge < -0.3 is 10.6 Å². The molecule has 1 aliphatic rings. The number of carbonyl (C=O) groups is 1. The van der Waals surface area contributed by atoms with Gasteiger partial charge in [0.2, 0.25) is 5.91 Å². The third-order valence-electron chi connectivity index (χ3n) is 2.46. The molecule has 3 atom stereocenters. The topological polar surface area (TPSA) is 46.3 Å². The summed E-state index contributed by atoms with van der Waals surface area (Å²) in [7, 11) is 0. The second-order valence-corrected chi connectivity index (χ2v) is 3.97. The van der Waals surface area contributed by atoms with E-state index < -0.39 is 0 Å². The van der Waals surface area contributed by atoms with E-state index in [1.165, 1.54) is 0 Å². The molecule has 0 radical (unpaired) electrons. The number of rotatable bonds is 1. The van der Waals surface area contributed by atoms with Crippen molar-refractivity contribution >= 4 is 5.91 Å². The molecule has 0 saturated carbocycles. The second-order valence-electron chi connectivity index (χ2n) is 3.97. The highest BCUT2D eigenvalue weighted by molar-refractivity contribution is 5.81.